The van der Waals surface area contributed by atoms with Crippen LogP contribution in [0.25, 0.3) is 0 Å². The van der Waals surface area contributed by atoms with Gasteiger partial charge in [-0.3, -0.25) is 14.4 Å². The minimum Gasteiger partial charge on any atom is -0.493 e. The molecule has 0 radical (unpaired) electrons. The molecular formula is C18H28N2O3S. The van der Waals surface area contributed by atoms with Crippen molar-refractivity contribution in [2.24, 2.45) is 5.92 Å². The van der Waals surface area contributed by atoms with Crippen molar-refractivity contribution in [3.05, 3.63) is 29.8 Å². The third kappa shape index (κ3) is 7.11. The molecule has 134 valence electrons. The Morgan fingerprint density at radius 1 is 1.29 bits per heavy atom. The summed E-state index contributed by atoms with van der Waals surface area (Å²) in [4.78, 5) is 14.5. The van der Waals surface area contributed by atoms with Gasteiger partial charge in [0.05, 0.1) is 19.8 Å². The molecule has 0 unspecified atom stereocenters. The lowest BCUT2D eigenvalue weighted by molar-refractivity contribution is 0.0381. The predicted molar refractivity (Wildman–Crippen MR) is 98.6 cm³/mol. The molecule has 1 aromatic carbocycles. The normalized spacial score (nSPS) is 15.5. The molecule has 24 heavy (non-hydrogen) atoms. The maximum Gasteiger partial charge on any atom is 0.261 e. The van der Waals surface area contributed by atoms with Crippen LogP contribution in [0.15, 0.2) is 24.3 Å². The van der Waals surface area contributed by atoms with Crippen LogP contribution in [0.5, 0.6) is 5.75 Å². The maximum atomic E-state index is 12.1. The fraction of sp³-hybridized carbons (Fsp3) is 0.611. The number of hydrogen-bond acceptors (Lipinski definition) is 5. The molecule has 1 aliphatic rings. The quantitative estimate of drug-likeness (QED) is 0.547. The Morgan fingerprint density at radius 2 is 2.00 bits per heavy atom. The smallest absolute Gasteiger partial charge is 0.261 e. The van der Waals surface area contributed by atoms with Crippen LogP contribution in [0.2, 0.25) is 0 Å². The predicted octanol–water partition coefficient (Wildman–Crippen LogP) is 2.82. The van der Waals surface area contributed by atoms with Crippen molar-refractivity contribution in [1.82, 2.24) is 9.62 Å². The number of morpholine rings is 1. The van der Waals surface area contributed by atoms with Gasteiger partial charge in [0.2, 0.25) is 0 Å². The number of nitrogens with zero attached hydrogens (tertiary/aromatic N) is 1. The molecule has 1 aromatic rings. The lowest BCUT2D eigenvalue weighted by Gasteiger charge is -2.26. The SMILES string of the molecule is CC(C)COc1ccc(C(=O)NSCCCN2CCOCC2)cc1. The van der Waals surface area contributed by atoms with Crippen molar-refractivity contribution in [1.29, 1.82) is 0 Å². The first-order chi connectivity index (χ1) is 11.6. The lowest BCUT2D eigenvalue weighted by atomic mass is 10.2. The molecule has 1 heterocycles. The van der Waals surface area contributed by atoms with Crippen molar-refractivity contribution < 1.29 is 14.3 Å². The molecule has 1 N–H and O–H groups in total. The number of benzene rings is 1. The van der Waals surface area contributed by atoms with Crippen LogP contribution < -0.4 is 9.46 Å². The lowest BCUT2D eigenvalue weighted by Crippen LogP contribution is -2.37. The number of carbonyl (C=O) groups is 1. The van der Waals surface area contributed by atoms with E-state index in [1.54, 1.807) is 12.1 Å². The summed E-state index contributed by atoms with van der Waals surface area (Å²) in [5.41, 5.74) is 0.660. The zero-order valence-electron chi connectivity index (χ0n) is 14.6. The Bertz CT molecular complexity index is 488. The van der Waals surface area contributed by atoms with E-state index >= 15 is 0 Å². The number of rotatable bonds is 9. The van der Waals surface area contributed by atoms with Gasteiger partial charge in [-0.05, 0) is 43.1 Å². The third-order valence-electron chi connectivity index (χ3n) is 3.69. The molecule has 0 atom stereocenters. The minimum absolute atomic E-state index is 0.0539. The van der Waals surface area contributed by atoms with Gasteiger partial charge in [0.1, 0.15) is 5.75 Å². The number of carbonyl (C=O) groups excluding carboxylic acids is 1. The average molecular weight is 353 g/mol. The molecule has 6 heteroatoms. The molecule has 1 fully saturated rings. The van der Waals surface area contributed by atoms with Crippen LogP contribution in [-0.2, 0) is 4.74 Å². The molecule has 1 amide bonds. The Kier molecular flexibility index (Phi) is 8.42. The summed E-state index contributed by atoms with van der Waals surface area (Å²) in [6, 6.07) is 7.30. The van der Waals surface area contributed by atoms with Crippen molar-refractivity contribution in [3.8, 4) is 5.75 Å². The molecule has 0 saturated carbocycles. The summed E-state index contributed by atoms with van der Waals surface area (Å²) < 4.78 is 13.9. The monoisotopic (exact) mass is 352 g/mol. The Hall–Kier alpha value is -1.24. The highest BCUT2D eigenvalue weighted by atomic mass is 32.2. The third-order valence-corrected chi connectivity index (χ3v) is 4.51. The molecule has 1 saturated heterocycles. The van der Waals surface area contributed by atoms with Gasteiger partial charge in [-0.1, -0.05) is 25.8 Å². The van der Waals surface area contributed by atoms with Crippen molar-refractivity contribution >= 4 is 17.9 Å². The van der Waals surface area contributed by atoms with Crippen molar-refractivity contribution in [2.75, 3.05) is 45.2 Å². The fourth-order valence-electron chi connectivity index (χ4n) is 2.33. The summed E-state index contributed by atoms with van der Waals surface area (Å²) >= 11 is 1.47. The van der Waals surface area contributed by atoms with Gasteiger partial charge >= 0.3 is 0 Å². The van der Waals surface area contributed by atoms with Gasteiger partial charge in [-0.15, -0.1) is 0 Å². The second-order valence-electron chi connectivity index (χ2n) is 6.32. The first-order valence-corrected chi connectivity index (χ1v) is 9.59. The van der Waals surface area contributed by atoms with E-state index in [-0.39, 0.29) is 5.91 Å². The van der Waals surface area contributed by atoms with Crippen LogP contribution >= 0.6 is 11.9 Å². The average Bonchev–Trinajstić information content (AvgIpc) is 2.61. The highest BCUT2D eigenvalue weighted by molar-refractivity contribution is 7.97. The number of nitrogens with one attached hydrogen (secondary N) is 1. The van der Waals surface area contributed by atoms with E-state index in [4.69, 9.17) is 9.47 Å². The largest absolute Gasteiger partial charge is 0.493 e. The molecular weight excluding hydrogens is 324 g/mol. The van der Waals surface area contributed by atoms with E-state index < -0.39 is 0 Å². The highest BCUT2D eigenvalue weighted by Gasteiger charge is 2.10. The topological polar surface area (TPSA) is 50.8 Å². The van der Waals surface area contributed by atoms with E-state index in [0.717, 1.165) is 50.8 Å². The van der Waals surface area contributed by atoms with Crippen LogP contribution in [-0.4, -0.2) is 56.0 Å². The fourth-order valence-corrected chi connectivity index (χ4v) is 2.95. The number of ether oxygens (including phenoxy) is 2. The maximum absolute atomic E-state index is 12.1. The van der Waals surface area contributed by atoms with E-state index in [1.165, 1.54) is 11.9 Å². The first-order valence-electron chi connectivity index (χ1n) is 8.60. The summed E-state index contributed by atoms with van der Waals surface area (Å²) in [6.45, 7) is 9.67. The Balaban J connectivity index is 1.61. The Labute approximate surface area is 149 Å². The van der Waals surface area contributed by atoms with Crippen LogP contribution in [0, 0.1) is 5.92 Å². The molecule has 5 nitrogen and oxygen atoms in total. The van der Waals surface area contributed by atoms with E-state index in [0.29, 0.717) is 18.1 Å². The Morgan fingerprint density at radius 3 is 2.67 bits per heavy atom. The first kappa shape index (κ1) is 19.1. The van der Waals surface area contributed by atoms with Gasteiger partial charge in [0.15, 0.2) is 0 Å². The summed E-state index contributed by atoms with van der Waals surface area (Å²) in [6.07, 6.45) is 1.06. The highest BCUT2D eigenvalue weighted by Crippen LogP contribution is 2.14. The summed E-state index contributed by atoms with van der Waals surface area (Å²) in [5, 5.41) is 0. The number of hydrogen-bond donors (Lipinski definition) is 1. The van der Waals surface area contributed by atoms with Crippen LogP contribution in [0.4, 0.5) is 0 Å². The van der Waals surface area contributed by atoms with Gasteiger partial charge in [0, 0.05) is 24.4 Å². The second-order valence-corrected chi connectivity index (χ2v) is 7.22. The molecule has 0 aliphatic carbocycles. The van der Waals surface area contributed by atoms with E-state index in [9.17, 15) is 4.79 Å². The van der Waals surface area contributed by atoms with Gasteiger partial charge in [-0.25, -0.2) is 0 Å². The van der Waals surface area contributed by atoms with E-state index in [2.05, 4.69) is 23.5 Å². The molecule has 2 rings (SSSR count). The van der Waals surface area contributed by atoms with Crippen LogP contribution in [0.3, 0.4) is 0 Å². The number of amides is 1. The summed E-state index contributed by atoms with van der Waals surface area (Å²) in [7, 11) is 0. The van der Waals surface area contributed by atoms with Gasteiger partial charge in [-0.2, -0.15) is 0 Å². The minimum atomic E-state index is -0.0539. The zero-order chi connectivity index (χ0) is 17.2. The molecule has 1 aliphatic heterocycles. The van der Waals surface area contributed by atoms with E-state index in [1.807, 2.05) is 12.1 Å². The van der Waals surface area contributed by atoms with Crippen molar-refractivity contribution in [3.63, 3.8) is 0 Å². The second kappa shape index (κ2) is 10.6. The molecule has 0 aromatic heterocycles. The van der Waals surface area contributed by atoms with Crippen LogP contribution in [0.1, 0.15) is 30.6 Å². The van der Waals surface area contributed by atoms with Gasteiger partial charge < -0.3 is 9.47 Å². The van der Waals surface area contributed by atoms with Gasteiger partial charge in [0.25, 0.3) is 5.91 Å². The summed E-state index contributed by atoms with van der Waals surface area (Å²) in [5.74, 6) is 2.15. The zero-order valence-corrected chi connectivity index (χ0v) is 15.4. The standard InChI is InChI=1S/C18H28N2O3S/c1-15(2)14-23-17-6-4-16(5-7-17)18(21)19-24-13-3-8-20-9-11-22-12-10-20/h4-7,15H,3,8-14H2,1-2H3,(H,19,21). The molecule has 0 spiro atoms. The van der Waals surface area contributed by atoms with Crippen molar-refractivity contribution in [2.45, 2.75) is 20.3 Å². The molecule has 0 bridgehead atoms.